The first kappa shape index (κ1) is 4.26. The Morgan fingerprint density at radius 1 is 1.86 bits per heavy atom. The van der Waals surface area contributed by atoms with Crippen LogP contribution >= 0.6 is 0 Å². The summed E-state index contributed by atoms with van der Waals surface area (Å²) in [6.45, 7) is 2.91. The molecule has 1 N–H and O–H groups in total. The van der Waals surface area contributed by atoms with Gasteiger partial charge in [-0.05, 0) is 18.4 Å². The van der Waals surface area contributed by atoms with E-state index in [4.69, 9.17) is 0 Å². The summed E-state index contributed by atoms with van der Waals surface area (Å²) in [5.74, 6) is 2.88. The van der Waals surface area contributed by atoms with E-state index in [2.05, 4.69) is 23.4 Å². The molecule has 7 heavy (non-hydrogen) atoms. The van der Waals surface area contributed by atoms with Gasteiger partial charge in [-0.25, -0.2) is 0 Å². The third-order valence-electron chi connectivity index (χ3n) is 0.858. The molecule has 1 rings (SSSR count). The Morgan fingerprint density at radius 2 is 2.71 bits per heavy atom. The minimum Gasteiger partial charge on any atom is -0.342 e. The van der Waals surface area contributed by atoms with E-state index in [1.165, 1.54) is 5.57 Å². The molecule has 0 atom stereocenters. The van der Waals surface area contributed by atoms with Crippen molar-refractivity contribution in [3.05, 3.63) is 11.6 Å². The van der Waals surface area contributed by atoms with Crippen LogP contribution in [0.25, 0.3) is 0 Å². The molecule has 1 heterocycles. The predicted octanol–water partition coefficient (Wildman–Crippen LogP) is 0.497. The fourth-order valence-electron chi connectivity index (χ4n) is 0.449. The summed E-state index contributed by atoms with van der Waals surface area (Å²) in [6, 6.07) is 2.77. The molecule has 0 unspecified atom stereocenters. The summed E-state index contributed by atoms with van der Waals surface area (Å²) >= 11 is 0. The van der Waals surface area contributed by atoms with Crippen molar-refractivity contribution in [2.75, 3.05) is 6.54 Å². The zero-order chi connectivity index (χ0) is 5.11. The highest BCUT2D eigenvalue weighted by atomic mass is 14.8. The molecular formula is C6H7N. The lowest BCUT2D eigenvalue weighted by molar-refractivity contribution is 1.01. The smallest absolute Gasteiger partial charge is 0.0422 e. The van der Waals surface area contributed by atoms with Gasteiger partial charge in [-0.2, -0.15) is 0 Å². The second-order valence-electron chi connectivity index (χ2n) is 1.52. The minimum absolute atomic E-state index is 0.902. The predicted molar refractivity (Wildman–Crippen MR) is 29.5 cm³/mol. The molecule has 0 fully saturated rings. The van der Waals surface area contributed by atoms with Crippen LogP contribution in [0.5, 0.6) is 0 Å². The van der Waals surface area contributed by atoms with Gasteiger partial charge in [-0.15, -0.1) is 0 Å². The SMILES string of the molecule is CC1=CCNC#C1. The monoisotopic (exact) mass is 93.1 g/mol. The van der Waals surface area contributed by atoms with Crippen LogP contribution in [0.4, 0.5) is 0 Å². The Labute approximate surface area is 43.4 Å². The van der Waals surface area contributed by atoms with Crippen molar-refractivity contribution in [3.8, 4) is 12.0 Å². The lowest BCUT2D eigenvalue weighted by Gasteiger charge is -1.95. The molecule has 1 heteroatoms. The van der Waals surface area contributed by atoms with Gasteiger partial charge in [0.25, 0.3) is 0 Å². The van der Waals surface area contributed by atoms with E-state index in [-0.39, 0.29) is 0 Å². The van der Waals surface area contributed by atoms with Crippen LogP contribution < -0.4 is 5.32 Å². The number of rotatable bonds is 0. The molecule has 0 saturated carbocycles. The van der Waals surface area contributed by atoms with Gasteiger partial charge in [0.05, 0.1) is 0 Å². The van der Waals surface area contributed by atoms with Crippen molar-refractivity contribution in [1.29, 1.82) is 0 Å². The topological polar surface area (TPSA) is 12.0 Å². The van der Waals surface area contributed by atoms with Crippen LogP contribution in [0.1, 0.15) is 6.92 Å². The number of hydrogen-bond donors (Lipinski definition) is 1. The third kappa shape index (κ3) is 0.972. The second-order valence-corrected chi connectivity index (χ2v) is 1.52. The van der Waals surface area contributed by atoms with Crippen LogP contribution in [0.2, 0.25) is 0 Å². The third-order valence-corrected chi connectivity index (χ3v) is 0.858. The molecule has 1 nitrogen and oxygen atoms in total. The minimum atomic E-state index is 0.902. The van der Waals surface area contributed by atoms with Crippen LogP contribution in [-0.2, 0) is 0 Å². The van der Waals surface area contributed by atoms with E-state index in [0.29, 0.717) is 0 Å². The molecule has 0 bridgehead atoms. The molecule has 0 aliphatic carbocycles. The Bertz CT molecular complexity index is 145. The van der Waals surface area contributed by atoms with Gasteiger partial charge in [0.1, 0.15) is 0 Å². The molecule has 0 radical (unpaired) electrons. The van der Waals surface area contributed by atoms with Crippen LogP contribution in [0.3, 0.4) is 0 Å². The van der Waals surface area contributed by atoms with Gasteiger partial charge in [0.15, 0.2) is 0 Å². The molecule has 1 aliphatic heterocycles. The summed E-state index contributed by atoms with van der Waals surface area (Å²) in [5.41, 5.74) is 1.17. The highest BCUT2D eigenvalue weighted by Crippen LogP contribution is 1.88. The fraction of sp³-hybridized carbons (Fsp3) is 0.333. The van der Waals surface area contributed by atoms with Gasteiger partial charge < -0.3 is 5.32 Å². The van der Waals surface area contributed by atoms with Gasteiger partial charge in [0.2, 0.25) is 0 Å². The molecule has 0 aromatic carbocycles. The maximum Gasteiger partial charge on any atom is 0.0422 e. The molecule has 0 aromatic heterocycles. The summed E-state index contributed by atoms with van der Waals surface area (Å²) in [5, 5.41) is 2.88. The fourth-order valence-corrected chi connectivity index (χ4v) is 0.449. The first-order chi connectivity index (χ1) is 3.39. The standard InChI is InChI=1S/C6H7N/c1-6-2-4-7-5-3-6/h2,7H,4H2,1H3. The van der Waals surface area contributed by atoms with Crippen molar-refractivity contribution in [2.24, 2.45) is 0 Å². The number of allylic oxidation sites excluding steroid dienone is 1. The zero-order valence-electron chi connectivity index (χ0n) is 4.28. The maximum atomic E-state index is 2.88. The van der Waals surface area contributed by atoms with Gasteiger partial charge in [-0.1, -0.05) is 6.08 Å². The van der Waals surface area contributed by atoms with Crippen molar-refractivity contribution in [3.63, 3.8) is 0 Å². The quantitative estimate of drug-likeness (QED) is 0.430. The summed E-state index contributed by atoms with van der Waals surface area (Å²) in [7, 11) is 0. The summed E-state index contributed by atoms with van der Waals surface area (Å²) in [6.07, 6.45) is 2.07. The van der Waals surface area contributed by atoms with Gasteiger partial charge >= 0.3 is 0 Å². The van der Waals surface area contributed by atoms with E-state index in [1.807, 2.05) is 6.92 Å². The molecule has 0 saturated heterocycles. The van der Waals surface area contributed by atoms with Gasteiger partial charge in [-0.3, -0.25) is 0 Å². The first-order valence-electron chi connectivity index (χ1n) is 2.30. The van der Waals surface area contributed by atoms with E-state index < -0.39 is 0 Å². The average molecular weight is 93.1 g/mol. The zero-order valence-corrected chi connectivity index (χ0v) is 4.28. The highest BCUT2D eigenvalue weighted by Gasteiger charge is 1.83. The lowest BCUT2D eigenvalue weighted by Crippen LogP contribution is -2.07. The maximum absolute atomic E-state index is 2.88. The highest BCUT2D eigenvalue weighted by molar-refractivity contribution is 5.29. The molecule has 36 valence electrons. The van der Waals surface area contributed by atoms with Gasteiger partial charge in [0, 0.05) is 12.6 Å². The number of nitrogens with one attached hydrogen (secondary N) is 1. The largest absolute Gasteiger partial charge is 0.342 e. The summed E-state index contributed by atoms with van der Waals surface area (Å²) < 4.78 is 0. The van der Waals surface area contributed by atoms with Crippen molar-refractivity contribution in [2.45, 2.75) is 6.92 Å². The molecule has 0 aromatic rings. The van der Waals surface area contributed by atoms with Crippen molar-refractivity contribution < 1.29 is 0 Å². The normalized spacial score (nSPS) is 15.9. The molecular weight excluding hydrogens is 86.1 g/mol. The van der Waals surface area contributed by atoms with Crippen molar-refractivity contribution in [1.82, 2.24) is 5.32 Å². The van der Waals surface area contributed by atoms with Crippen LogP contribution in [0, 0.1) is 12.0 Å². The Kier molecular flexibility index (Phi) is 1.04. The molecule has 1 aliphatic rings. The Hall–Kier alpha value is -0.900. The van der Waals surface area contributed by atoms with Crippen LogP contribution in [0.15, 0.2) is 11.6 Å². The number of hydrogen-bond acceptors (Lipinski definition) is 1. The van der Waals surface area contributed by atoms with E-state index in [0.717, 1.165) is 6.54 Å². The van der Waals surface area contributed by atoms with E-state index in [1.54, 1.807) is 0 Å². The van der Waals surface area contributed by atoms with Crippen LogP contribution in [-0.4, -0.2) is 6.54 Å². The molecule has 0 amide bonds. The van der Waals surface area contributed by atoms with E-state index >= 15 is 0 Å². The molecule has 0 spiro atoms. The first-order valence-corrected chi connectivity index (χ1v) is 2.30. The average Bonchev–Trinajstić information content (AvgIpc) is 1.69. The second kappa shape index (κ2) is 1.70. The Morgan fingerprint density at radius 3 is 3.00 bits per heavy atom. The van der Waals surface area contributed by atoms with Crippen molar-refractivity contribution >= 4 is 0 Å². The summed E-state index contributed by atoms with van der Waals surface area (Å²) in [4.78, 5) is 0. The van der Waals surface area contributed by atoms with E-state index in [9.17, 15) is 0 Å². The Balaban J connectivity index is 2.69. The lowest BCUT2D eigenvalue weighted by atomic mass is 10.3.